The molecule has 1 heterocycles. The monoisotopic (exact) mass is 287 g/mol. The number of esters is 1. The van der Waals surface area contributed by atoms with Gasteiger partial charge in [0.2, 0.25) is 0 Å². The van der Waals surface area contributed by atoms with Gasteiger partial charge in [0.25, 0.3) is 0 Å². The summed E-state index contributed by atoms with van der Waals surface area (Å²) in [4.78, 5) is 11.9. The zero-order valence-electron chi connectivity index (χ0n) is 12.6. The molecule has 0 saturated carbocycles. The summed E-state index contributed by atoms with van der Waals surface area (Å²) in [6.45, 7) is 2.52. The van der Waals surface area contributed by atoms with Crippen LogP contribution in [0, 0.1) is 5.92 Å². The first-order chi connectivity index (χ1) is 10.1. The standard InChI is InChI=1S/C16H21N3O2/c1-12(16(20)21-3)15(14-7-5-4-6-8-14)17-9-13-10-18-19(2)11-13/h4-8,10-12,15,17H,9H2,1-3H3/t12-,15-/m0/s1. The van der Waals surface area contributed by atoms with Gasteiger partial charge < -0.3 is 10.1 Å². The molecule has 0 spiro atoms. The Balaban J connectivity index is 2.14. The summed E-state index contributed by atoms with van der Waals surface area (Å²) in [7, 11) is 3.30. The summed E-state index contributed by atoms with van der Waals surface area (Å²) in [6, 6.07) is 9.83. The third kappa shape index (κ3) is 3.92. The Morgan fingerprint density at radius 3 is 2.67 bits per heavy atom. The molecule has 0 radical (unpaired) electrons. The second kappa shape index (κ2) is 7.04. The Morgan fingerprint density at radius 1 is 1.38 bits per heavy atom. The van der Waals surface area contributed by atoms with E-state index in [4.69, 9.17) is 4.74 Å². The molecular weight excluding hydrogens is 266 g/mol. The summed E-state index contributed by atoms with van der Waals surface area (Å²) in [5, 5.41) is 7.57. The number of benzene rings is 1. The van der Waals surface area contributed by atoms with Gasteiger partial charge in [-0.3, -0.25) is 9.48 Å². The second-order valence-electron chi connectivity index (χ2n) is 5.10. The van der Waals surface area contributed by atoms with Gasteiger partial charge in [-0.1, -0.05) is 37.3 Å². The number of nitrogens with one attached hydrogen (secondary N) is 1. The van der Waals surface area contributed by atoms with Crippen LogP contribution in [0.5, 0.6) is 0 Å². The SMILES string of the molecule is COC(=O)[C@@H](C)[C@H](NCc1cnn(C)c1)c1ccccc1. The maximum absolute atomic E-state index is 11.9. The first kappa shape index (κ1) is 15.3. The van der Waals surface area contributed by atoms with Crippen LogP contribution in [0.25, 0.3) is 0 Å². The van der Waals surface area contributed by atoms with Gasteiger partial charge in [0.05, 0.1) is 19.2 Å². The number of aromatic nitrogens is 2. The van der Waals surface area contributed by atoms with Crippen molar-refractivity contribution >= 4 is 5.97 Å². The average Bonchev–Trinajstić information content (AvgIpc) is 2.93. The Kier molecular flexibility index (Phi) is 5.11. The van der Waals surface area contributed by atoms with E-state index in [2.05, 4.69) is 10.4 Å². The van der Waals surface area contributed by atoms with Crippen molar-refractivity contribution in [3.8, 4) is 0 Å². The van der Waals surface area contributed by atoms with Crippen LogP contribution in [0.15, 0.2) is 42.7 Å². The van der Waals surface area contributed by atoms with E-state index in [0.717, 1.165) is 11.1 Å². The van der Waals surface area contributed by atoms with E-state index in [1.807, 2.05) is 56.7 Å². The highest BCUT2D eigenvalue weighted by Crippen LogP contribution is 2.23. The Hall–Kier alpha value is -2.14. The Bertz CT molecular complexity index is 580. The minimum atomic E-state index is -0.269. The second-order valence-corrected chi connectivity index (χ2v) is 5.10. The largest absolute Gasteiger partial charge is 0.469 e. The fraction of sp³-hybridized carbons (Fsp3) is 0.375. The van der Waals surface area contributed by atoms with Crippen molar-refractivity contribution in [2.24, 2.45) is 13.0 Å². The zero-order chi connectivity index (χ0) is 15.2. The number of carbonyl (C=O) groups excluding carboxylic acids is 1. The van der Waals surface area contributed by atoms with Crippen LogP contribution < -0.4 is 5.32 Å². The maximum atomic E-state index is 11.9. The van der Waals surface area contributed by atoms with Gasteiger partial charge in [-0.2, -0.15) is 5.10 Å². The Morgan fingerprint density at radius 2 is 2.10 bits per heavy atom. The fourth-order valence-corrected chi connectivity index (χ4v) is 2.36. The van der Waals surface area contributed by atoms with Crippen LogP contribution in [-0.2, 0) is 23.1 Å². The van der Waals surface area contributed by atoms with E-state index in [-0.39, 0.29) is 17.9 Å². The number of aryl methyl sites for hydroxylation is 1. The number of hydrogen-bond acceptors (Lipinski definition) is 4. The van der Waals surface area contributed by atoms with Crippen molar-refractivity contribution in [2.75, 3.05) is 7.11 Å². The number of methoxy groups -OCH3 is 1. The lowest BCUT2D eigenvalue weighted by molar-refractivity contribution is -0.145. The minimum Gasteiger partial charge on any atom is -0.469 e. The number of carbonyl (C=O) groups is 1. The zero-order valence-corrected chi connectivity index (χ0v) is 12.6. The third-order valence-corrected chi connectivity index (χ3v) is 3.52. The maximum Gasteiger partial charge on any atom is 0.310 e. The molecule has 112 valence electrons. The molecule has 0 aliphatic carbocycles. The van der Waals surface area contributed by atoms with Gasteiger partial charge in [0, 0.05) is 31.4 Å². The van der Waals surface area contributed by atoms with Crippen molar-refractivity contribution in [3.63, 3.8) is 0 Å². The van der Waals surface area contributed by atoms with Crippen LogP contribution in [0.3, 0.4) is 0 Å². The number of rotatable bonds is 6. The van der Waals surface area contributed by atoms with Gasteiger partial charge in [-0.15, -0.1) is 0 Å². The quantitative estimate of drug-likeness (QED) is 0.826. The highest BCUT2D eigenvalue weighted by molar-refractivity contribution is 5.73. The molecule has 0 aliphatic rings. The molecular formula is C16H21N3O2. The highest BCUT2D eigenvalue weighted by atomic mass is 16.5. The molecule has 0 aliphatic heterocycles. The molecule has 0 amide bonds. The highest BCUT2D eigenvalue weighted by Gasteiger charge is 2.25. The predicted molar refractivity (Wildman–Crippen MR) is 80.4 cm³/mol. The van der Waals surface area contributed by atoms with Crippen LogP contribution in [0.4, 0.5) is 0 Å². The van der Waals surface area contributed by atoms with Gasteiger partial charge in [0.15, 0.2) is 0 Å². The smallest absolute Gasteiger partial charge is 0.310 e. The van der Waals surface area contributed by atoms with E-state index in [9.17, 15) is 4.79 Å². The molecule has 5 nitrogen and oxygen atoms in total. The Labute approximate surface area is 124 Å². The van der Waals surface area contributed by atoms with Crippen LogP contribution in [0.1, 0.15) is 24.1 Å². The van der Waals surface area contributed by atoms with Gasteiger partial charge in [0.1, 0.15) is 0 Å². The molecule has 0 unspecified atom stereocenters. The molecule has 5 heteroatoms. The molecule has 1 N–H and O–H groups in total. The van der Waals surface area contributed by atoms with Crippen molar-refractivity contribution in [1.29, 1.82) is 0 Å². The molecule has 2 rings (SSSR count). The van der Waals surface area contributed by atoms with Crippen LogP contribution >= 0.6 is 0 Å². The van der Waals surface area contributed by atoms with E-state index >= 15 is 0 Å². The van der Waals surface area contributed by atoms with E-state index in [0.29, 0.717) is 6.54 Å². The van der Waals surface area contributed by atoms with Gasteiger partial charge >= 0.3 is 5.97 Å². The topological polar surface area (TPSA) is 56.1 Å². The summed E-state index contributed by atoms with van der Waals surface area (Å²) in [6.07, 6.45) is 3.77. The molecule has 1 aromatic heterocycles. The number of hydrogen-bond donors (Lipinski definition) is 1. The van der Waals surface area contributed by atoms with Crippen LogP contribution in [0.2, 0.25) is 0 Å². The number of ether oxygens (including phenoxy) is 1. The summed E-state index contributed by atoms with van der Waals surface area (Å²) >= 11 is 0. The average molecular weight is 287 g/mol. The molecule has 0 bridgehead atoms. The van der Waals surface area contributed by atoms with Crippen molar-refractivity contribution in [1.82, 2.24) is 15.1 Å². The molecule has 0 fully saturated rings. The first-order valence-electron chi connectivity index (χ1n) is 6.95. The lowest BCUT2D eigenvalue weighted by Crippen LogP contribution is -2.31. The minimum absolute atomic E-state index is 0.0983. The van der Waals surface area contributed by atoms with Gasteiger partial charge in [-0.05, 0) is 5.56 Å². The van der Waals surface area contributed by atoms with E-state index < -0.39 is 0 Å². The third-order valence-electron chi connectivity index (χ3n) is 3.52. The van der Waals surface area contributed by atoms with Gasteiger partial charge in [-0.25, -0.2) is 0 Å². The van der Waals surface area contributed by atoms with E-state index in [1.54, 1.807) is 4.68 Å². The molecule has 21 heavy (non-hydrogen) atoms. The predicted octanol–water partition coefficient (Wildman–Crippen LogP) is 2.06. The fourth-order valence-electron chi connectivity index (χ4n) is 2.36. The van der Waals surface area contributed by atoms with E-state index in [1.165, 1.54) is 7.11 Å². The van der Waals surface area contributed by atoms with Crippen molar-refractivity contribution in [3.05, 3.63) is 53.9 Å². The molecule has 1 aromatic carbocycles. The van der Waals surface area contributed by atoms with Crippen molar-refractivity contribution < 1.29 is 9.53 Å². The normalized spacial score (nSPS) is 13.7. The summed E-state index contributed by atoms with van der Waals surface area (Å²) < 4.78 is 6.64. The summed E-state index contributed by atoms with van der Waals surface area (Å²) in [5.41, 5.74) is 2.15. The molecule has 2 aromatic rings. The lowest BCUT2D eigenvalue weighted by atomic mass is 9.94. The van der Waals surface area contributed by atoms with Crippen molar-refractivity contribution in [2.45, 2.75) is 19.5 Å². The number of nitrogens with zero attached hydrogens (tertiary/aromatic N) is 2. The van der Waals surface area contributed by atoms with Crippen LogP contribution in [-0.4, -0.2) is 22.9 Å². The molecule has 0 saturated heterocycles. The first-order valence-corrected chi connectivity index (χ1v) is 6.95. The molecule has 2 atom stereocenters. The lowest BCUT2D eigenvalue weighted by Gasteiger charge is -2.23. The summed E-state index contributed by atoms with van der Waals surface area (Å²) in [5.74, 6) is -0.489.